The van der Waals surface area contributed by atoms with Crippen LogP contribution in [-0.2, 0) is 0 Å². The molecule has 34 heavy (non-hydrogen) atoms. The van der Waals surface area contributed by atoms with Crippen LogP contribution in [0.25, 0.3) is 39.6 Å². The van der Waals surface area contributed by atoms with Crippen LogP contribution in [0, 0.1) is 18.3 Å². The first-order valence-corrected chi connectivity index (χ1v) is 11.1. The maximum atomic E-state index is 9.98. The number of rotatable bonds is 6. The highest BCUT2D eigenvalue weighted by Gasteiger charge is 2.16. The Morgan fingerprint density at radius 1 is 1.09 bits per heavy atom. The van der Waals surface area contributed by atoms with Gasteiger partial charge in [-0.3, -0.25) is 0 Å². The second-order valence-electron chi connectivity index (χ2n) is 7.90. The molecule has 0 radical (unpaired) electrons. The summed E-state index contributed by atoms with van der Waals surface area (Å²) in [5.41, 5.74) is 6.72. The number of benzene rings is 3. The largest absolute Gasteiger partial charge is 0.494 e. The van der Waals surface area contributed by atoms with Crippen LogP contribution in [0.5, 0.6) is 5.75 Å². The highest BCUT2D eigenvalue weighted by atomic mass is 16.5. The van der Waals surface area contributed by atoms with E-state index in [-0.39, 0.29) is 0 Å². The first-order valence-electron chi connectivity index (χ1n) is 11.1. The molecule has 166 valence electrons. The predicted octanol–water partition coefficient (Wildman–Crippen LogP) is 6.19. The molecule has 1 N–H and O–H groups in total. The molecule has 0 aliphatic heterocycles. The number of H-pyrrole nitrogens is 1. The Morgan fingerprint density at radius 3 is 2.62 bits per heavy atom. The van der Waals surface area contributed by atoms with Crippen LogP contribution < -0.4 is 4.74 Å². The topological polar surface area (TPSA) is 79.5 Å². The number of hydrogen-bond donors (Lipinski definition) is 1. The zero-order valence-electron chi connectivity index (χ0n) is 19.0. The molecule has 6 heteroatoms. The van der Waals surface area contributed by atoms with E-state index in [9.17, 15) is 5.26 Å². The van der Waals surface area contributed by atoms with E-state index in [1.807, 2.05) is 104 Å². The SMILES string of the molecule is CCOc1ccc(-c2nn(-c3ccccc3)cc2C=C(C#N)c2nc3ccccc3[nH]2)c(C)c1. The molecule has 3 aromatic carbocycles. The van der Waals surface area contributed by atoms with Crippen molar-refractivity contribution in [3.63, 3.8) is 0 Å². The molecule has 6 nitrogen and oxygen atoms in total. The molecule has 0 aliphatic carbocycles. The number of aryl methyl sites for hydroxylation is 1. The summed E-state index contributed by atoms with van der Waals surface area (Å²) in [7, 11) is 0. The van der Waals surface area contributed by atoms with Gasteiger partial charge in [0.1, 0.15) is 23.3 Å². The van der Waals surface area contributed by atoms with Crippen LogP contribution in [0.4, 0.5) is 0 Å². The maximum Gasteiger partial charge on any atom is 0.149 e. The third-order valence-corrected chi connectivity index (χ3v) is 5.59. The number of fused-ring (bicyclic) bond motifs is 1. The summed E-state index contributed by atoms with van der Waals surface area (Å²) >= 11 is 0. The molecule has 5 rings (SSSR count). The first kappa shape index (κ1) is 21.2. The van der Waals surface area contributed by atoms with Crippen LogP contribution in [0.2, 0.25) is 0 Å². The lowest BCUT2D eigenvalue weighted by Gasteiger charge is -2.08. The molecule has 0 bridgehead atoms. The van der Waals surface area contributed by atoms with E-state index in [0.717, 1.165) is 44.9 Å². The van der Waals surface area contributed by atoms with E-state index >= 15 is 0 Å². The van der Waals surface area contributed by atoms with E-state index in [2.05, 4.69) is 16.0 Å². The van der Waals surface area contributed by atoms with Crippen LogP contribution in [0.15, 0.2) is 79.0 Å². The maximum absolute atomic E-state index is 9.98. The summed E-state index contributed by atoms with van der Waals surface area (Å²) in [6, 6.07) is 26.0. The molecule has 0 aliphatic rings. The number of hydrogen-bond acceptors (Lipinski definition) is 4. The van der Waals surface area contributed by atoms with E-state index in [4.69, 9.17) is 9.84 Å². The number of aromatic amines is 1. The Balaban J connectivity index is 1.66. The lowest BCUT2D eigenvalue weighted by molar-refractivity contribution is 0.340. The average Bonchev–Trinajstić information content (AvgIpc) is 3.48. The van der Waals surface area contributed by atoms with Crippen molar-refractivity contribution in [2.75, 3.05) is 6.61 Å². The number of para-hydroxylation sites is 3. The van der Waals surface area contributed by atoms with Crippen molar-refractivity contribution in [3.8, 4) is 28.8 Å². The van der Waals surface area contributed by atoms with Gasteiger partial charge in [0.05, 0.1) is 28.9 Å². The van der Waals surface area contributed by atoms with Crippen molar-refractivity contribution in [2.24, 2.45) is 0 Å². The fourth-order valence-corrected chi connectivity index (χ4v) is 3.96. The van der Waals surface area contributed by atoms with Crippen LogP contribution in [-0.4, -0.2) is 26.4 Å². The van der Waals surface area contributed by atoms with Gasteiger partial charge in [-0.25, -0.2) is 9.67 Å². The quantitative estimate of drug-likeness (QED) is 0.316. The van der Waals surface area contributed by atoms with Crippen molar-refractivity contribution in [2.45, 2.75) is 13.8 Å². The van der Waals surface area contributed by atoms with Crippen molar-refractivity contribution in [1.29, 1.82) is 5.26 Å². The summed E-state index contributed by atoms with van der Waals surface area (Å²) in [4.78, 5) is 7.86. The molecule has 0 saturated heterocycles. The number of allylic oxidation sites excluding steroid dienone is 1. The summed E-state index contributed by atoms with van der Waals surface area (Å²) in [5.74, 6) is 1.36. The molecular weight excluding hydrogens is 422 g/mol. The molecule has 5 aromatic rings. The number of imidazole rings is 1. The number of nitrogens with one attached hydrogen (secondary N) is 1. The molecule has 2 heterocycles. The normalized spacial score (nSPS) is 11.5. The third-order valence-electron chi connectivity index (χ3n) is 5.59. The van der Waals surface area contributed by atoms with Crippen LogP contribution >= 0.6 is 0 Å². The van der Waals surface area contributed by atoms with Gasteiger partial charge in [-0.2, -0.15) is 10.4 Å². The minimum Gasteiger partial charge on any atom is -0.494 e. The molecule has 0 amide bonds. The van der Waals surface area contributed by atoms with Gasteiger partial charge >= 0.3 is 0 Å². The summed E-state index contributed by atoms with van der Waals surface area (Å²) in [6.45, 7) is 4.62. The van der Waals surface area contributed by atoms with E-state index in [1.54, 1.807) is 0 Å². The summed E-state index contributed by atoms with van der Waals surface area (Å²) < 4.78 is 7.50. The van der Waals surface area contributed by atoms with Crippen molar-refractivity contribution < 1.29 is 4.74 Å². The van der Waals surface area contributed by atoms with Gasteiger partial charge in [0, 0.05) is 17.3 Å². The number of aromatic nitrogens is 4. The summed E-state index contributed by atoms with van der Waals surface area (Å²) in [5, 5.41) is 14.9. The highest BCUT2D eigenvalue weighted by molar-refractivity contribution is 5.92. The molecule has 0 unspecified atom stereocenters. The second kappa shape index (κ2) is 9.08. The minimum absolute atomic E-state index is 0.439. The Labute approximate surface area is 197 Å². The fourth-order valence-electron chi connectivity index (χ4n) is 3.96. The van der Waals surface area contributed by atoms with E-state index in [1.165, 1.54) is 0 Å². The van der Waals surface area contributed by atoms with Gasteiger partial charge in [0.25, 0.3) is 0 Å². The Bertz CT molecular complexity index is 1500. The fraction of sp³-hybridized carbons (Fsp3) is 0.107. The molecule has 0 atom stereocenters. The Morgan fingerprint density at radius 2 is 1.88 bits per heavy atom. The molecule has 0 saturated carbocycles. The van der Waals surface area contributed by atoms with Crippen molar-refractivity contribution >= 4 is 22.7 Å². The van der Waals surface area contributed by atoms with Gasteiger partial charge in [-0.15, -0.1) is 0 Å². The van der Waals surface area contributed by atoms with Crippen molar-refractivity contribution in [1.82, 2.24) is 19.7 Å². The Kier molecular flexibility index (Phi) is 5.67. The lowest BCUT2D eigenvalue weighted by atomic mass is 10.0. The van der Waals surface area contributed by atoms with Gasteiger partial charge in [0.2, 0.25) is 0 Å². The average molecular weight is 446 g/mol. The number of nitrogens with zero attached hydrogens (tertiary/aromatic N) is 4. The first-order chi connectivity index (χ1) is 16.7. The van der Waals surface area contributed by atoms with E-state index < -0.39 is 0 Å². The molecule has 2 aromatic heterocycles. The van der Waals surface area contributed by atoms with Crippen molar-refractivity contribution in [3.05, 3.63) is 95.9 Å². The predicted molar refractivity (Wildman–Crippen MR) is 134 cm³/mol. The van der Waals surface area contributed by atoms with Crippen LogP contribution in [0.1, 0.15) is 23.9 Å². The lowest BCUT2D eigenvalue weighted by Crippen LogP contribution is -1.95. The Hall–Kier alpha value is -4.63. The summed E-state index contributed by atoms with van der Waals surface area (Å²) in [6.07, 6.45) is 3.79. The zero-order valence-corrected chi connectivity index (χ0v) is 19.0. The minimum atomic E-state index is 0.439. The monoisotopic (exact) mass is 445 g/mol. The zero-order chi connectivity index (χ0) is 23.5. The van der Waals surface area contributed by atoms with Gasteiger partial charge in [-0.05, 0) is 68.0 Å². The molecule has 0 spiro atoms. The number of ether oxygens (including phenoxy) is 1. The molecular formula is C28H23N5O. The second-order valence-corrected chi connectivity index (χ2v) is 7.90. The van der Waals surface area contributed by atoms with Gasteiger partial charge in [-0.1, -0.05) is 30.3 Å². The highest BCUT2D eigenvalue weighted by Crippen LogP contribution is 2.31. The number of nitriles is 1. The smallest absolute Gasteiger partial charge is 0.149 e. The van der Waals surface area contributed by atoms with Gasteiger partial charge in [0.15, 0.2) is 0 Å². The third kappa shape index (κ3) is 4.07. The van der Waals surface area contributed by atoms with E-state index in [0.29, 0.717) is 18.0 Å². The van der Waals surface area contributed by atoms with Gasteiger partial charge < -0.3 is 9.72 Å². The molecule has 0 fully saturated rings. The van der Waals surface area contributed by atoms with Crippen LogP contribution in [0.3, 0.4) is 0 Å². The standard InChI is InChI=1S/C28H23N5O/c1-3-34-23-13-14-24(19(2)15-23)27-21(18-33(32-27)22-9-5-4-6-10-22)16-20(17-29)28-30-25-11-7-8-12-26(25)31-28/h4-16,18H,3H2,1-2H3,(H,30,31).